The molecule has 3 aliphatic heterocycles. The highest BCUT2D eigenvalue weighted by Crippen LogP contribution is 2.37. The predicted octanol–water partition coefficient (Wildman–Crippen LogP) is 1.86. The van der Waals surface area contributed by atoms with Crippen LogP contribution in [0.25, 0.3) is 0 Å². The highest BCUT2D eigenvalue weighted by molar-refractivity contribution is 5.80. The zero-order valence-corrected chi connectivity index (χ0v) is 29.7. The predicted molar refractivity (Wildman–Crippen MR) is 184 cm³/mol. The molecule has 6 unspecified atom stereocenters. The van der Waals surface area contributed by atoms with Crippen LogP contribution in [0.1, 0.15) is 85.5 Å². The van der Waals surface area contributed by atoms with E-state index in [1.807, 2.05) is 12.2 Å². The van der Waals surface area contributed by atoms with Gasteiger partial charge in [-0.2, -0.15) is 0 Å². The molecule has 2 fully saturated rings. The number of nitrogens with two attached hydrogens (primary N) is 1. The van der Waals surface area contributed by atoms with Gasteiger partial charge < -0.3 is 55.3 Å². The third kappa shape index (κ3) is 12.7. The van der Waals surface area contributed by atoms with Gasteiger partial charge in [0.25, 0.3) is 0 Å². The molecular formula is C37H59NO12. The van der Waals surface area contributed by atoms with Gasteiger partial charge in [0.2, 0.25) is 0 Å². The number of rotatable bonds is 3. The molecule has 50 heavy (non-hydrogen) atoms. The SMILES string of the molecule is CC[C@@H]1C(=O)O[C@H](C)C/C=C/C=C/C=C/C=C/[C@H](OC2OC(C)C(O)C(N)C2O)CC2O[C@](O)(C[C@@H](O)CCCC(=O)C[C@H]1O)C[C@H](O)[C@H]2C. The van der Waals surface area contributed by atoms with Gasteiger partial charge in [-0.1, -0.05) is 62.5 Å². The van der Waals surface area contributed by atoms with Gasteiger partial charge in [0.05, 0.1) is 54.7 Å². The van der Waals surface area contributed by atoms with Crippen molar-refractivity contribution in [2.45, 2.75) is 159 Å². The Morgan fingerprint density at radius 3 is 2.32 bits per heavy atom. The maximum absolute atomic E-state index is 12.8. The number of carbonyl (C=O) groups excluding carboxylic acids is 2. The van der Waals surface area contributed by atoms with Crippen LogP contribution in [0.2, 0.25) is 0 Å². The summed E-state index contributed by atoms with van der Waals surface area (Å²) < 4.78 is 23.6. The smallest absolute Gasteiger partial charge is 0.311 e. The van der Waals surface area contributed by atoms with Crippen LogP contribution < -0.4 is 5.73 Å². The van der Waals surface area contributed by atoms with Crippen LogP contribution in [0.4, 0.5) is 0 Å². The lowest BCUT2D eigenvalue weighted by Crippen LogP contribution is -2.61. The number of hydrogen-bond acceptors (Lipinski definition) is 13. The summed E-state index contributed by atoms with van der Waals surface area (Å²) in [7, 11) is 0. The first-order valence-corrected chi connectivity index (χ1v) is 17.9. The second-order valence-corrected chi connectivity index (χ2v) is 14.1. The first-order chi connectivity index (χ1) is 23.6. The number of Topliss-reactive ketones (excluding diaryl/α,β-unsaturated/α-hetero) is 1. The average molecular weight is 710 g/mol. The molecule has 2 bridgehead atoms. The molecule has 3 aliphatic rings. The largest absolute Gasteiger partial charge is 0.462 e. The molecule has 0 aliphatic carbocycles. The minimum atomic E-state index is -1.87. The van der Waals surface area contributed by atoms with Gasteiger partial charge in [-0.15, -0.1) is 0 Å². The van der Waals surface area contributed by atoms with Crippen molar-refractivity contribution in [3.63, 3.8) is 0 Å². The minimum absolute atomic E-state index is 0.0596. The molecule has 0 amide bonds. The van der Waals surface area contributed by atoms with Crippen molar-refractivity contribution >= 4 is 11.8 Å². The molecule has 13 heteroatoms. The maximum Gasteiger partial charge on any atom is 0.311 e. The molecule has 3 heterocycles. The Morgan fingerprint density at radius 2 is 1.62 bits per heavy atom. The van der Waals surface area contributed by atoms with E-state index >= 15 is 0 Å². The van der Waals surface area contributed by atoms with E-state index in [-0.39, 0.29) is 50.7 Å². The van der Waals surface area contributed by atoms with E-state index < -0.39 is 90.9 Å². The van der Waals surface area contributed by atoms with Crippen LogP contribution in [-0.4, -0.2) is 115 Å². The van der Waals surface area contributed by atoms with Crippen molar-refractivity contribution in [3.8, 4) is 0 Å². The fourth-order valence-electron chi connectivity index (χ4n) is 6.56. The van der Waals surface area contributed by atoms with Gasteiger partial charge in [0.15, 0.2) is 12.1 Å². The fraction of sp³-hybridized carbons (Fsp3) is 0.730. The standard InChI is InChI=1S/C37H59NO12/c1-5-28-29(41)18-25(39)15-13-16-26(40)20-37(46)21-30(42)23(3)31(50-37)19-27(49-36-34(44)32(38)33(43)24(4)48-36)17-12-10-8-6-7-9-11-14-22(2)47-35(28)45/h6-12,17,22-24,26-34,36,40-44,46H,5,13-16,18-21,38H2,1-4H3/b7-6+,10-8+,11-9+,17-12+/t22-,23-,24?,26+,27+,28+,29-,30+,31?,32?,33?,34?,36?,37-/m1/s1. The normalized spacial score (nSPS) is 44.8. The molecule has 2 saturated heterocycles. The minimum Gasteiger partial charge on any atom is -0.462 e. The number of aliphatic hydroxyl groups excluding tert-OH is 5. The number of carbonyl (C=O) groups is 2. The third-order valence-corrected chi connectivity index (χ3v) is 9.76. The molecule has 13 nitrogen and oxygen atoms in total. The maximum atomic E-state index is 12.8. The zero-order valence-electron chi connectivity index (χ0n) is 29.7. The molecular weight excluding hydrogens is 650 g/mol. The van der Waals surface area contributed by atoms with Gasteiger partial charge in [0, 0.05) is 44.4 Å². The highest BCUT2D eigenvalue weighted by atomic mass is 16.7. The summed E-state index contributed by atoms with van der Waals surface area (Å²) >= 11 is 0. The molecule has 3 rings (SSSR count). The van der Waals surface area contributed by atoms with E-state index in [2.05, 4.69) is 0 Å². The summed E-state index contributed by atoms with van der Waals surface area (Å²) in [5.41, 5.74) is 6.02. The number of aliphatic hydroxyl groups is 6. The second-order valence-electron chi connectivity index (χ2n) is 14.1. The quantitative estimate of drug-likeness (QED) is 0.209. The first kappa shape index (κ1) is 42.1. The van der Waals surface area contributed by atoms with Crippen molar-refractivity contribution in [1.29, 1.82) is 0 Å². The van der Waals surface area contributed by atoms with E-state index in [1.54, 1.807) is 64.2 Å². The summed E-state index contributed by atoms with van der Waals surface area (Å²) in [6, 6.07) is -1.00. The summed E-state index contributed by atoms with van der Waals surface area (Å²) in [6.45, 7) is 6.91. The van der Waals surface area contributed by atoms with E-state index in [4.69, 9.17) is 24.7 Å². The molecule has 14 atom stereocenters. The molecule has 0 spiro atoms. The van der Waals surface area contributed by atoms with Crippen molar-refractivity contribution < 1.29 is 59.2 Å². The van der Waals surface area contributed by atoms with E-state index in [1.165, 1.54) is 0 Å². The number of esters is 1. The molecule has 0 radical (unpaired) electrons. The Labute approximate surface area is 295 Å². The Bertz CT molecular complexity index is 1190. The first-order valence-electron chi connectivity index (χ1n) is 17.9. The van der Waals surface area contributed by atoms with E-state index in [0.29, 0.717) is 12.8 Å². The zero-order chi connectivity index (χ0) is 37.0. The van der Waals surface area contributed by atoms with Crippen LogP contribution in [0.3, 0.4) is 0 Å². The van der Waals surface area contributed by atoms with Crippen molar-refractivity contribution in [2.24, 2.45) is 17.6 Å². The summed E-state index contributed by atoms with van der Waals surface area (Å²) in [5.74, 6) is -3.97. The summed E-state index contributed by atoms with van der Waals surface area (Å²) in [4.78, 5) is 25.4. The van der Waals surface area contributed by atoms with E-state index in [9.17, 15) is 40.2 Å². The molecule has 284 valence electrons. The summed E-state index contributed by atoms with van der Waals surface area (Å²) in [6.07, 6.45) is 5.63. The van der Waals surface area contributed by atoms with Crippen LogP contribution in [0.5, 0.6) is 0 Å². The third-order valence-electron chi connectivity index (χ3n) is 9.76. The van der Waals surface area contributed by atoms with Crippen LogP contribution in [-0.2, 0) is 28.5 Å². The van der Waals surface area contributed by atoms with Crippen molar-refractivity contribution in [3.05, 3.63) is 48.6 Å². The van der Waals surface area contributed by atoms with Gasteiger partial charge in [-0.25, -0.2) is 0 Å². The van der Waals surface area contributed by atoms with Gasteiger partial charge in [-0.05, 0) is 33.1 Å². The number of allylic oxidation sites excluding steroid dienone is 6. The Balaban J connectivity index is 1.82. The van der Waals surface area contributed by atoms with Gasteiger partial charge in [-0.3, -0.25) is 9.59 Å². The van der Waals surface area contributed by atoms with Crippen LogP contribution >= 0.6 is 0 Å². The topological polar surface area (TPSA) is 218 Å². The number of ether oxygens (including phenoxy) is 4. The molecule has 0 saturated carbocycles. The van der Waals surface area contributed by atoms with Gasteiger partial charge >= 0.3 is 5.97 Å². The van der Waals surface area contributed by atoms with E-state index in [0.717, 1.165) is 0 Å². The lowest BCUT2D eigenvalue weighted by Gasteiger charge is -2.45. The lowest BCUT2D eigenvalue weighted by molar-refractivity contribution is -0.308. The Kier molecular flexibility index (Phi) is 16.9. The number of fused-ring (bicyclic) bond motifs is 2. The van der Waals surface area contributed by atoms with Crippen LogP contribution in [0, 0.1) is 11.8 Å². The molecule has 8 N–H and O–H groups in total. The monoisotopic (exact) mass is 709 g/mol. The molecule has 0 aromatic rings. The molecule has 0 aromatic carbocycles. The highest BCUT2D eigenvalue weighted by Gasteiger charge is 2.47. The lowest BCUT2D eigenvalue weighted by atomic mass is 9.84. The Hall–Kier alpha value is -2.30. The van der Waals surface area contributed by atoms with Gasteiger partial charge in [0.1, 0.15) is 18.0 Å². The van der Waals surface area contributed by atoms with Crippen molar-refractivity contribution in [2.75, 3.05) is 0 Å². The average Bonchev–Trinajstić information content (AvgIpc) is 3.03. The number of cyclic esters (lactones) is 1. The molecule has 0 aromatic heterocycles. The number of hydrogen-bond donors (Lipinski definition) is 7. The van der Waals surface area contributed by atoms with Crippen LogP contribution in [0.15, 0.2) is 48.6 Å². The number of ketones is 1. The Morgan fingerprint density at radius 1 is 0.940 bits per heavy atom. The fourth-order valence-corrected chi connectivity index (χ4v) is 6.56. The summed E-state index contributed by atoms with van der Waals surface area (Å²) in [5, 5.41) is 64.8. The second kappa shape index (κ2) is 20.1. The van der Waals surface area contributed by atoms with Crippen molar-refractivity contribution in [1.82, 2.24) is 0 Å².